The molecule has 3 N–H and O–H groups in total. The Morgan fingerprint density at radius 2 is 2.19 bits per heavy atom. The van der Waals surface area contributed by atoms with Crippen molar-refractivity contribution in [1.29, 1.82) is 0 Å². The Hall–Kier alpha value is -2.18. The zero-order valence-electron chi connectivity index (χ0n) is 11.7. The van der Waals surface area contributed by atoms with E-state index in [9.17, 15) is 0 Å². The van der Waals surface area contributed by atoms with Crippen LogP contribution in [0.25, 0.3) is 10.2 Å². The average Bonchev–Trinajstić information content (AvgIpc) is 2.87. The number of nitrogens with two attached hydrogens (primary N) is 1. The first kappa shape index (κ1) is 13.8. The van der Waals surface area contributed by atoms with Crippen LogP contribution in [0.5, 0.6) is 5.75 Å². The number of aromatic nitrogens is 2. The number of anilines is 2. The predicted octanol–water partition coefficient (Wildman–Crippen LogP) is 3.08. The van der Waals surface area contributed by atoms with E-state index in [1.807, 2.05) is 24.3 Å². The molecule has 3 rings (SSSR count). The highest BCUT2D eigenvalue weighted by Gasteiger charge is 2.07. The summed E-state index contributed by atoms with van der Waals surface area (Å²) in [5.41, 5.74) is 6.37. The van der Waals surface area contributed by atoms with Gasteiger partial charge in [-0.15, -0.1) is 11.3 Å². The van der Waals surface area contributed by atoms with Crippen molar-refractivity contribution in [3.63, 3.8) is 0 Å². The van der Waals surface area contributed by atoms with Crippen molar-refractivity contribution in [1.82, 2.24) is 9.97 Å². The zero-order valence-corrected chi connectivity index (χ0v) is 12.5. The molecule has 0 fully saturated rings. The average molecular weight is 300 g/mol. The van der Waals surface area contributed by atoms with E-state index in [2.05, 4.69) is 28.3 Å². The number of thiophene rings is 1. The van der Waals surface area contributed by atoms with Crippen LogP contribution in [0.1, 0.15) is 4.88 Å². The number of benzene rings is 1. The van der Waals surface area contributed by atoms with E-state index in [4.69, 9.17) is 10.5 Å². The smallest absolute Gasteiger partial charge is 0.142 e. The van der Waals surface area contributed by atoms with Crippen LogP contribution >= 0.6 is 11.3 Å². The van der Waals surface area contributed by atoms with Gasteiger partial charge in [-0.25, -0.2) is 9.97 Å². The SMILES string of the molecule is Cc1cc2c(Nc3cccc(OCCN)c3)ncnc2s1. The maximum atomic E-state index is 5.53. The van der Waals surface area contributed by atoms with Crippen LogP contribution in [0.4, 0.5) is 11.5 Å². The van der Waals surface area contributed by atoms with Gasteiger partial charge in [0.15, 0.2) is 0 Å². The minimum atomic E-state index is 0.498. The van der Waals surface area contributed by atoms with Crippen LogP contribution in [0, 0.1) is 6.92 Å². The lowest BCUT2D eigenvalue weighted by Gasteiger charge is -2.09. The molecular weight excluding hydrogens is 284 g/mol. The lowest BCUT2D eigenvalue weighted by molar-refractivity contribution is 0.328. The second kappa shape index (κ2) is 6.07. The molecule has 0 aliphatic rings. The summed E-state index contributed by atoms with van der Waals surface area (Å²) in [6.07, 6.45) is 1.58. The number of nitrogens with one attached hydrogen (secondary N) is 1. The van der Waals surface area contributed by atoms with Crippen molar-refractivity contribution in [2.45, 2.75) is 6.92 Å². The maximum Gasteiger partial charge on any atom is 0.142 e. The molecule has 0 amide bonds. The lowest BCUT2D eigenvalue weighted by Crippen LogP contribution is -2.10. The summed E-state index contributed by atoms with van der Waals surface area (Å²) in [6.45, 7) is 3.07. The third-order valence-electron chi connectivity index (χ3n) is 2.94. The molecule has 108 valence electrons. The van der Waals surface area contributed by atoms with Gasteiger partial charge in [0, 0.05) is 23.2 Å². The first-order valence-electron chi connectivity index (χ1n) is 6.67. The fourth-order valence-electron chi connectivity index (χ4n) is 2.05. The van der Waals surface area contributed by atoms with Crippen LogP contribution in [0.15, 0.2) is 36.7 Å². The largest absolute Gasteiger partial charge is 0.492 e. The van der Waals surface area contributed by atoms with Gasteiger partial charge in [-0.1, -0.05) is 6.07 Å². The highest BCUT2D eigenvalue weighted by molar-refractivity contribution is 7.18. The number of hydrogen-bond acceptors (Lipinski definition) is 6. The van der Waals surface area contributed by atoms with E-state index in [0.717, 1.165) is 27.5 Å². The Kier molecular flexibility index (Phi) is 3.98. The molecular formula is C15H16N4OS. The zero-order chi connectivity index (χ0) is 14.7. The van der Waals surface area contributed by atoms with Gasteiger partial charge in [0.25, 0.3) is 0 Å². The molecule has 0 spiro atoms. The van der Waals surface area contributed by atoms with Gasteiger partial charge in [-0.2, -0.15) is 0 Å². The highest BCUT2D eigenvalue weighted by atomic mass is 32.1. The van der Waals surface area contributed by atoms with Crippen LogP contribution in [-0.2, 0) is 0 Å². The molecule has 3 aromatic rings. The van der Waals surface area contributed by atoms with Gasteiger partial charge in [0.1, 0.15) is 29.3 Å². The molecule has 0 bridgehead atoms. The molecule has 6 heteroatoms. The number of aryl methyl sites for hydroxylation is 1. The van der Waals surface area contributed by atoms with Gasteiger partial charge in [-0.05, 0) is 25.1 Å². The fourth-order valence-corrected chi connectivity index (χ4v) is 2.90. The molecule has 0 atom stereocenters. The molecule has 0 radical (unpaired) electrons. The first-order chi connectivity index (χ1) is 10.3. The molecule has 2 aromatic heterocycles. The molecule has 0 aliphatic heterocycles. The summed E-state index contributed by atoms with van der Waals surface area (Å²) < 4.78 is 5.53. The molecule has 2 heterocycles. The fraction of sp³-hybridized carbons (Fsp3) is 0.200. The molecule has 0 aliphatic carbocycles. The number of ether oxygens (including phenoxy) is 1. The van der Waals surface area contributed by atoms with Crippen molar-refractivity contribution in [3.05, 3.63) is 41.5 Å². The Morgan fingerprint density at radius 1 is 1.29 bits per heavy atom. The summed E-state index contributed by atoms with van der Waals surface area (Å²) in [6, 6.07) is 9.85. The number of hydrogen-bond donors (Lipinski definition) is 2. The topological polar surface area (TPSA) is 73.1 Å². The molecule has 5 nitrogen and oxygen atoms in total. The molecule has 0 unspecified atom stereocenters. The lowest BCUT2D eigenvalue weighted by atomic mass is 10.3. The maximum absolute atomic E-state index is 5.53. The van der Waals surface area contributed by atoms with Crippen molar-refractivity contribution in [3.8, 4) is 5.75 Å². The number of nitrogens with zero attached hydrogens (tertiary/aromatic N) is 2. The normalized spacial score (nSPS) is 10.8. The van der Waals surface area contributed by atoms with E-state index >= 15 is 0 Å². The number of rotatable bonds is 5. The van der Waals surface area contributed by atoms with Crippen molar-refractivity contribution < 1.29 is 4.74 Å². The standard InChI is InChI=1S/C15H16N4OS/c1-10-7-13-14(17-9-18-15(13)21-10)19-11-3-2-4-12(8-11)20-6-5-16/h2-4,7-9H,5-6,16H2,1H3,(H,17,18,19). The van der Waals surface area contributed by atoms with Crippen LogP contribution in [0.3, 0.4) is 0 Å². The first-order valence-corrected chi connectivity index (χ1v) is 7.49. The predicted molar refractivity (Wildman–Crippen MR) is 86.4 cm³/mol. The van der Waals surface area contributed by atoms with Crippen molar-refractivity contribution in [2.24, 2.45) is 5.73 Å². The Bertz CT molecular complexity index is 756. The van der Waals surface area contributed by atoms with Crippen LogP contribution < -0.4 is 15.8 Å². The van der Waals surface area contributed by atoms with Crippen LogP contribution in [0.2, 0.25) is 0 Å². The van der Waals surface area contributed by atoms with Crippen molar-refractivity contribution in [2.75, 3.05) is 18.5 Å². The minimum Gasteiger partial charge on any atom is -0.492 e. The van der Waals surface area contributed by atoms with Gasteiger partial charge in [0.2, 0.25) is 0 Å². The molecule has 0 saturated heterocycles. The summed E-state index contributed by atoms with van der Waals surface area (Å²) in [4.78, 5) is 10.8. The molecule has 21 heavy (non-hydrogen) atoms. The van der Waals surface area contributed by atoms with E-state index < -0.39 is 0 Å². The highest BCUT2D eigenvalue weighted by Crippen LogP contribution is 2.30. The van der Waals surface area contributed by atoms with Crippen LogP contribution in [-0.4, -0.2) is 23.1 Å². The summed E-state index contributed by atoms with van der Waals surface area (Å²) in [5, 5.41) is 4.36. The quantitative estimate of drug-likeness (QED) is 0.757. The van der Waals surface area contributed by atoms with E-state index in [0.29, 0.717) is 13.2 Å². The molecule has 1 aromatic carbocycles. The third-order valence-corrected chi connectivity index (χ3v) is 3.89. The van der Waals surface area contributed by atoms with E-state index in [1.165, 1.54) is 4.88 Å². The van der Waals surface area contributed by atoms with Crippen molar-refractivity contribution >= 4 is 33.1 Å². The van der Waals surface area contributed by atoms with Gasteiger partial charge >= 0.3 is 0 Å². The van der Waals surface area contributed by atoms with E-state index in [1.54, 1.807) is 17.7 Å². The summed E-state index contributed by atoms with van der Waals surface area (Å²) in [7, 11) is 0. The minimum absolute atomic E-state index is 0.498. The Morgan fingerprint density at radius 3 is 3.05 bits per heavy atom. The third kappa shape index (κ3) is 3.12. The van der Waals surface area contributed by atoms with Gasteiger partial charge < -0.3 is 15.8 Å². The monoisotopic (exact) mass is 300 g/mol. The Balaban J connectivity index is 1.88. The second-order valence-electron chi connectivity index (χ2n) is 4.59. The van der Waals surface area contributed by atoms with E-state index in [-0.39, 0.29) is 0 Å². The summed E-state index contributed by atoms with van der Waals surface area (Å²) in [5.74, 6) is 1.59. The summed E-state index contributed by atoms with van der Waals surface area (Å²) >= 11 is 1.66. The van der Waals surface area contributed by atoms with Gasteiger partial charge in [-0.3, -0.25) is 0 Å². The molecule has 0 saturated carbocycles. The second-order valence-corrected chi connectivity index (χ2v) is 5.82. The Labute approximate surface area is 126 Å². The number of fused-ring (bicyclic) bond motifs is 1. The van der Waals surface area contributed by atoms with Gasteiger partial charge in [0.05, 0.1) is 5.39 Å².